The highest BCUT2D eigenvalue weighted by Crippen LogP contribution is 1.98. The van der Waals surface area contributed by atoms with Gasteiger partial charge in [-0.15, -0.1) is 0 Å². The fourth-order valence-electron chi connectivity index (χ4n) is 3.55. The summed E-state index contributed by atoms with van der Waals surface area (Å²) in [6.45, 7) is 3.66. The van der Waals surface area contributed by atoms with Gasteiger partial charge in [0.15, 0.2) is 0 Å². The van der Waals surface area contributed by atoms with E-state index in [1.54, 1.807) is 6.92 Å². The molecule has 3 amide bonds. The van der Waals surface area contributed by atoms with E-state index in [0.717, 1.165) is 4.57 Å². The quantitative estimate of drug-likeness (QED) is 0.119. The van der Waals surface area contributed by atoms with E-state index in [9.17, 15) is 38.4 Å². The van der Waals surface area contributed by atoms with Crippen molar-refractivity contribution in [3.8, 4) is 0 Å². The van der Waals surface area contributed by atoms with Gasteiger partial charge in [0.25, 0.3) is 11.1 Å². The van der Waals surface area contributed by atoms with Crippen LogP contribution in [0.15, 0.2) is 31.6 Å². The fourth-order valence-corrected chi connectivity index (χ4v) is 3.55. The number of nitrogens with zero attached hydrogens (tertiary/aromatic N) is 2. The lowest BCUT2D eigenvalue weighted by molar-refractivity contribution is -0.143. The molecule has 0 saturated carbocycles. The first-order valence-electron chi connectivity index (χ1n) is 12.7. The molecule has 2 heterocycles. The molecule has 0 aromatic carbocycles. The third-order valence-electron chi connectivity index (χ3n) is 5.84. The van der Waals surface area contributed by atoms with Crippen LogP contribution in [0, 0.1) is 13.8 Å². The van der Waals surface area contributed by atoms with Gasteiger partial charge in [0, 0.05) is 36.6 Å². The molecule has 0 aliphatic rings. The van der Waals surface area contributed by atoms with Gasteiger partial charge in [-0.3, -0.25) is 38.7 Å². The van der Waals surface area contributed by atoms with E-state index in [1.807, 2.05) is 0 Å². The minimum atomic E-state index is -1.23. The van der Waals surface area contributed by atoms with Crippen LogP contribution in [0.2, 0.25) is 0 Å². The Hall–Kier alpha value is -4.80. The molecule has 0 bridgehead atoms. The highest BCUT2D eigenvalue weighted by molar-refractivity contribution is 5.92. The maximum absolute atomic E-state index is 12.7. The molecule has 0 unspecified atom stereocenters. The Bertz CT molecular complexity index is 1500. The number of carbonyl (C=O) groups excluding carboxylic acids is 4. The van der Waals surface area contributed by atoms with Crippen molar-refractivity contribution in [3.63, 3.8) is 0 Å². The zero-order valence-corrected chi connectivity index (χ0v) is 22.9. The Morgan fingerprint density at radius 3 is 1.90 bits per heavy atom. The normalized spacial score (nSPS) is 12.2. The van der Waals surface area contributed by atoms with Crippen molar-refractivity contribution in [1.29, 1.82) is 0 Å². The van der Waals surface area contributed by atoms with E-state index in [2.05, 4.69) is 25.9 Å². The zero-order chi connectivity index (χ0) is 30.7. The molecule has 0 fully saturated rings. The van der Waals surface area contributed by atoms with E-state index < -0.39 is 71.4 Å². The number of nitrogens with two attached hydrogens (primary N) is 1. The van der Waals surface area contributed by atoms with Crippen LogP contribution < -0.4 is 44.2 Å². The number of ether oxygens (including phenoxy) is 1. The molecule has 17 nitrogen and oxygen atoms in total. The molecular weight excluding hydrogens is 544 g/mol. The Kier molecular flexibility index (Phi) is 11.9. The Morgan fingerprint density at radius 2 is 1.37 bits per heavy atom. The average Bonchev–Trinajstić information content (AvgIpc) is 2.91. The molecule has 2 atom stereocenters. The number of aryl methyl sites for hydroxylation is 4. The van der Waals surface area contributed by atoms with E-state index in [1.165, 1.54) is 30.8 Å². The second-order valence-corrected chi connectivity index (χ2v) is 9.07. The van der Waals surface area contributed by atoms with Crippen molar-refractivity contribution < 1.29 is 23.9 Å². The molecule has 0 radical (unpaired) electrons. The molecule has 2 aromatic heterocycles. The summed E-state index contributed by atoms with van der Waals surface area (Å²) < 4.78 is 7.12. The molecule has 2 rings (SSSR count). The highest BCUT2D eigenvalue weighted by Gasteiger charge is 2.23. The van der Waals surface area contributed by atoms with Crippen LogP contribution in [-0.4, -0.2) is 74.6 Å². The second kappa shape index (κ2) is 15.1. The molecule has 17 heteroatoms. The highest BCUT2D eigenvalue weighted by atomic mass is 16.5. The van der Waals surface area contributed by atoms with Crippen LogP contribution in [0.5, 0.6) is 0 Å². The summed E-state index contributed by atoms with van der Waals surface area (Å²) in [5.74, 6) is -2.91. The molecule has 2 aromatic rings. The van der Waals surface area contributed by atoms with Crippen LogP contribution in [0.4, 0.5) is 0 Å². The Morgan fingerprint density at radius 1 is 0.854 bits per heavy atom. The Labute approximate surface area is 232 Å². The van der Waals surface area contributed by atoms with E-state index in [4.69, 9.17) is 10.5 Å². The summed E-state index contributed by atoms with van der Waals surface area (Å²) in [4.78, 5) is 101. The number of aromatic nitrogens is 4. The van der Waals surface area contributed by atoms with Crippen molar-refractivity contribution in [1.82, 2.24) is 35.1 Å². The number of hydrogen-bond acceptors (Lipinski definition) is 10. The summed E-state index contributed by atoms with van der Waals surface area (Å²) >= 11 is 0. The molecule has 0 aliphatic carbocycles. The molecule has 7 N–H and O–H groups in total. The number of nitrogens with one attached hydrogen (secondary N) is 5. The van der Waals surface area contributed by atoms with Crippen LogP contribution in [0.1, 0.15) is 30.9 Å². The van der Waals surface area contributed by atoms with Crippen LogP contribution in [0.3, 0.4) is 0 Å². The van der Waals surface area contributed by atoms with E-state index in [-0.39, 0.29) is 38.1 Å². The molecule has 0 saturated heterocycles. The molecule has 0 aliphatic heterocycles. The van der Waals surface area contributed by atoms with E-state index >= 15 is 0 Å². The standard InChI is InChI=1S/C24H34N8O9/c1-4-41-18(34)10-27-22(38)16(6-8-32-12-14(3)20(36)30-24(32)40)28-17(33)9-26-21(37)15(25)5-7-31-11-13(2)19(35)29-23(31)39/h11-12,15-16H,4-10,25H2,1-3H3,(H,26,37)(H,27,38)(H,28,33)(H,29,35,39)(H,30,36,40)/t15-,16-/m0/s1. The maximum Gasteiger partial charge on any atom is 0.328 e. The SMILES string of the molecule is CCOC(=O)CNC(=O)[C@H](CCn1cc(C)c(=O)[nH]c1=O)NC(=O)CNC(=O)[C@@H](N)CCn1cc(C)c(=O)[nH]c1=O. The summed E-state index contributed by atoms with van der Waals surface area (Å²) in [6, 6.07) is -2.32. The third kappa shape index (κ3) is 10.0. The molecule has 224 valence electrons. The number of carbonyl (C=O) groups is 4. The number of hydrogen-bond donors (Lipinski definition) is 6. The third-order valence-corrected chi connectivity index (χ3v) is 5.84. The van der Waals surface area contributed by atoms with Crippen LogP contribution in [-0.2, 0) is 37.0 Å². The second-order valence-electron chi connectivity index (χ2n) is 9.07. The van der Waals surface area contributed by atoms with Crippen LogP contribution >= 0.6 is 0 Å². The largest absolute Gasteiger partial charge is 0.465 e. The van der Waals surface area contributed by atoms with E-state index in [0.29, 0.717) is 5.56 Å². The summed E-state index contributed by atoms with van der Waals surface area (Å²) in [7, 11) is 0. The smallest absolute Gasteiger partial charge is 0.328 e. The van der Waals surface area contributed by atoms with Gasteiger partial charge in [-0.1, -0.05) is 0 Å². The lowest BCUT2D eigenvalue weighted by Crippen LogP contribution is -2.52. The first-order chi connectivity index (χ1) is 19.3. The van der Waals surface area contributed by atoms with Gasteiger partial charge in [-0.05, 0) is 33.6 Å². The van der Waals surface area contributed by atoms with Crippen molar-refractivity contribution in [2.75, 3.05) is 19.7 Å². The van der Waals surface area contributed by atoms with Crippen molar-refractivity contribution in [3.05, 3.63) is 65.2 Å². The lowest BCUT2D eigenvalue weighted by Gasteiger charge is -2.19. The van der Waals surface area contributed by atoms with Gasteiger partial charge in [-0.25, -0.2) is 9.59 Å². The fraction of sp³-hybridized carbons (Fsp3) is 0.500. The summed E-state index contributed by atoms with van der Waals surface area (Å²) in [6.07, 6.45) is 2.56. The predicted molar refractivity (Wildman–Crippen MR) is 144 cm³/mol. The Balaban J connectivity index is 1.99. The van der Waals surface area contributed by atoms with Gasteiger partial charge < -0.3 is 35.6 Å². The number of aromatic amines is 2. The van der Waals surface area contributed by atoms with Crippen molar-refractivity contribution >= 4 is 23.7 Å². The first-order valence-corrected chi connectivity index (χ1v) is 12.7. The van der Waals surface area contributed by atoms with Gasteiger partial charge in [0.2, 0.25) is 17.7 Å². The van der Waals surface area contributed by atoms with Gasteiger partial charge >= 0.3 is 17.3 Å². The molecular formula is C24H34N8O9. The molecule has 41 heavy (non-hydrogen) atoms. The van der Waals surface area contributed by atoms with Crippen LogP contribution in [0.25, 0.3) is 0 Å². The number of esters is 1. The molecule has 0 spiro atoms. The van der Waals surface area contributed by atoms with Gasteiger partial charge in [0.1, 0.15) is 12.6 Å². The summed E-state index contributed by atoms with van der Waals surface area (Å²) in [5.41, 5.74) is 3.99. The van der Waals surface area contributed by atoms with Crippen molar-refractivity contribution in [2.45, 2.75) is 58.8 Å². The first kappa shape index (κ1) is 32.4. The van der Waals surface area contributed by atoms with Gasteiger partial charge in [-0.2, -0.15) is 0 Å². The average molecular weight is 579 g/mol. The van der Waals surface area contributed by atoms with Gasteiger partial charge in [0.05, 0.1) is 19.2 Å². The minimum Gasteiger partial charge on any atom is -0.465 e. The monoisotopic (exact) mass is 578 g/mol. The minimum absolute atomic E-state index is 0.0189. The number of H-pyrrole nitrogens is 2. The topological polar surface area (TPSA) is 249 Å². The number of amides is 3. The maximum atomic E-state index is 12.7. The van der Waals surface area contributed by atoms with Crippen molar-refractivity contribution in [2.24, 2.45) is 5.73 Å². The number of rotatable bonds is 14. The summed E-state index contributed by atoms with van der Waals surface area (Å²) in [5, 5.41) is 7.11. The predicted octanol–water partition coefficient (Wildman–Crippen LogP) is -3.91. The zero-order valence-electron chi connectivity index (χ0n) is 22.9. The lowest BCUT2D eigenvalue weighted by atomic mass is 10.1.